The minimum atomic E-state index is 0.302. The fourth-order valence-electron chi connectivity index (χ4n) is 2.60. The molecular formula is C13H18O. The van der Waals surface area contributed by atoms with Gasteiger partial charge in [0, 0.05) is 18.3 Å². The summed E-state index contributed by atoms with van der Waals surface area (Å²) in [5, 5.41) is 0. The molecule has 3 aliphatic rings. The van der Waals surface area contributed by atoms with Crippen LogP contribution in [0.2, 0.25) is 0 Å². The van der Waals surface area contributed by atoms with Gasteiger partial charge in [-0.05, 0) is 25.7 Å². The van der Waals surface area contributed by atoms with Crippen LogP contribution in [-0.2, 0) is 4.74 Å². The molecule has 0 N–H and O–H groups in total. The summed E-state index contributed by atoms with van der Waals surface area (Å²) in [6, 6.07) is 0. The van der Waals surface area contributed by atoms with Crippen LogP contribution in [-0.4, -0.2) is 12.2 Å². The second kappa shape index (κ2) is 3.28. The summed E-state index contributed by atoms with van der Waals surface area (Å²) in [6.07, 6.45) is 9.19. The Balaban J connectivity index is 1.57. The maximum Gasteiger partial charge on any atom is 0.0953 e. The van der Waals surface area contributed by atoms with Gasteiger partial charge in [0.1, 0.15) is 0 Å². The van der Waals surface area contributed by atoms with Gasteiger partial charge in [0.15, 0.2) is 0 Å². The van der Waals surface area contributed by atoms with Crippen molar-refractivity contribution in [2.75, 3.05) is 6.61 Å². The summed E-state index contributed by atoms with van der Waals surface area (Å²) in [5.41, 5.74) is 0.302. The predicted molar refractivity (Wildman–Crippen MR) is 55.8 cm³/mol. The number of epoxide rings is 1. The standard InChI is InChI=1S/C13H18O/c1-2-9-13(10-14-13)12(5-1)6-3-4-11-7-8-11/h11-12H,1-2,5-10H2/t12?,13-/m0/s1. The second-order valence-corrected chi connectivity index (χ2v) is 5.10. The van der Waals surface area contributed by atoms with Crippen molar-refractivity contribution in [1.82, 2.24) is 0 Å². The van der Waals surface area contributed by atoms with Gasteiger partial charge in [-0.15, -0.1) is 5.92 Å². The molecule has 2 atom stereocenters. The zero-order valence-electron chi connectivity index (χ0n) is 8.72. The molecule has 3 rings (SSSR count). The third-order valence-corrected chi connectivity index (χ3v) is 3.89. The molecule has 1 unspecified atom stereocenters. The first kappa shape index (κ1) is 8.80. The van der Waals surface area contributed by atoms with E-state index in [1.165, 1.54) is 38.5 Å². The van der Waals surface area contributed by atoms with Gasteiger partial charge < -0.3 is 4.74 Å². The molecule has 76 valence electrons. The Kier molecular flexibility index (Phi) is 2.06. The van der Waals surface area contributed by atoms with E-state index in [0.717, 1.165) is 24.9 Å². The molecule has 1 heterocycles. The summed E-state index contributed by atoms with van der Waals surface area (Å²) in [5.74, 6) is 8.26. The van der Waals surface area contributed by atoms with E-state index in [1.807, 2.05) is 0 Å². The molecule has 0 aromatic rings. The van der Waals surface area contributed by atoms with E-state index < -0.39 is 0 Å². The van der Waals surface area contributed by atoms with Gasteiger partial charge in [-0.1, -0.05) is 18.8 Å². The van der Waals surface area contributed by atoms with Gasteiger partial charge >= 0.3 is 0 Å². The average Bonchev–Trinajstić information content (AvgIpc) is 3.05. The molecular weight excluding hydrogens is 172 g/mol. The summed E-state index contributed by atoms with van der Waals surface area (Å²) >= 11 is 0. The number of ether oxygens (including phenoxy) is 1. The Labute approximate surface area is 86.2 Å². The number of hydrogen-bond donors (Lipinski definition) is 0. The molecule has 3 fully saturated rings. The fraction of sp³-hybridized carbons (Fsp3) is 0.846. The molecule has 0 radical (unpaired) electrons. The van der Waals surface area contributed by atoms with Gasteiger partial charge in [0.25, 0.3) is 0 Å². The summed E-state index contributed by atoms with van der Waals surface area (Å²) < 4.78 is 5.65. The van der Waals surface area contributed by atoms with Gasteiger partial charge in [-0.2, -0.15) is 0 Å². The molecule has 0 aromatic heterocycles. The lowest BCUT2D eigenvalue weighted by molar-refractivity contribution is 0.161. The van der Waals surface area contributed by atoms with Crippen LogP contribution in [0.4, 0.5) is 0 Å². The van der Waals surface area contributed by atoms with Crippen LogP contribution in [0, 0.1) is 23.7 Å². The lowest BCUT2D eigenvalue weighted by Crippen LogP contribution is -2.27. The van der Waals surface area contributed by atoms with Crippen molar-refractivity contribution < 1.29 is 4.74 Å². The average molecular weight is 190 g/mol. The molecule has 1 saturated heterocycles. The molecule has 1 heteroatoms. The van der Waals surface area contributed by atoms with E-state index in [9.17, 15) is 0 Å². The molecule has 14 heavy (non-hydrogen) atoms. The molecule has 1 nitrogen and oxygen atoms in total. The second-order valence-electron chi connectivity index (χ2n) is 5.10. The fourth-order valence-corrected chi connectivity index (χ4v) is 2.60. The van der Waals surface area contributed by atoms with Crippen molar-refractivity contribution in [1.29, 1.82) is 0 Å². The largest absolute Gasteiger partial charge is 0.369 e. The van der Waals surface area contributed by atoms with Crippen LogP contribution >= 0.6 is 0 Å². The van der Waals surface area contributed by atoms with Crippen molar-refractivity contribution in [3.8, 4) is 11.8 Å². The summed E-state index contributed by atoms with van der Waals surface area (Å²) in [7, 11) is 0. The van der Waals surface area contributed by atoms with Gasteiger partial charge in [-0.25, -0.2) is 0 Å². The Hall–Kier alpha value is -0.480. The maximum atomic E-state index is 5.65. The molecule has 0 bridgehead atoms. The first-order valence-corrected chi connectivity index (χ1v) is 6.01. The molecule has 0 amide bonds. The quantitative estimate of drug-likeness (QED) is 0.457. The van der Waals surface area contributed by atoms with Crippen molar-refractivity contribution >= 4 is 0 Å². The van der Waals surface area contributed by atoms with Crippen LogP contribution < -0.4 is 0 Å². The van der Waals surface area contributed by atoms with Crippen LogP contribution in [0.5, 0.6) is 0 Å². The van der Waals surface area contributed by atoms with E-state index in [2.05, 4.69) is 11.8 Å². The van der Waals surface area contributed by atoms with Crippen LogP contribution in [0.15, 0.2) is 0 Å². The number of hydrogen-bond acceptors (Lipinski definition) is 1. The minimum absolute atomic E-state index is 0.302. The lowest BCUT2D eigenvalue weighted by atomic mass is 9.78. The van der Waals surface area contributed by atoms with Crippen molar-refractivity contribution in [3.05, 3.63) is 0 Å². The normalized spacial score (nSPS) is 40.4. The monoisotopic (exact) mass is 190 g/mol. The van der Waals surface area contributed by atoms with Crippen molar-refractivity contribution in [3.63, 3.8) is 0 Å². The van der Waals surface area contributed by atoms with E-state index >= 15 is 0 Å². The Morgan fingerprint density at radius 1 is 1.21 bits per heavy atom. The highest BCUT2D eigenvalue weighted by Gasteiger charge is 2.51. The number of rotatable bonds is 1. The highest BCUT2D eigenvalue weighted by molar-refractivity contribution is 5.12. The zero-order valence-corrected chi connectivity index (χ0v) is 8.72. The Bertz CT molecular complexity index is 275. The molecule has 1 aliphatic heterocycles. The molecule has 1 spiro atoms. The van der Waals surface area contributed by atoms with Crippen LogP contribution in [0.1, 0.15) is 44.9 Å². The Morgan fingerprint density at radius 2 is 2.07 bits per heavy atom. The van der Waals surface area contributed by atoms with Gasteiger partial charge in [0.2, 0.25) is 0 Å². The third kappa shape index (κ3) is 1.68. The van der Waals surface area contributed by atoms with Crippen LogP contribution in [0.3, 0.4) is 0 Å². The summed E-state index contributed by atoms with van der Waals surface area (Å²) in [6.45, 7) is 1.02. The van der Waals surface area contributed by atoms with Gasteiger partial charge in [-0.3, -0.25) is 0 Å². The van der Waals surface area contributed by atoms with E-state index in [4.69, 9.17) is 4.74 Å². The highest BCUT2D eigenvalue weighted by Crippen LogP contribution is 2.47. The predicted octanol–water partition coefficient (Wildman–Crippen LogP) is 2.75. The third-order valence-electron chi connectivity index (χ3n) is 3.89. The van der Waals surface area contributed by atoms with E-state index in [-0.39, 0.29) is 0 Å². The van der Waals surface area contributed by atoms with E-state index in [0.29, 0.717) is 5.60 Å². The highest BCUT2D eigenvalue weighted by atomic mass is 16.6. The molecule has 2 saturated carbocycles. The first-order valence-electron chi connectivity index (χ1n) is 6.01. The van der Waals surface area contributed by atoms with Gasteiger partial charge in [0.05, 0.1) is 12.2 Å². The molecule has 0 aromatic carbocycles. The first-order chi connectivity index (χ1) is 6.89. The van der Waals surface area contributed by atoms with Crippen molar-refractivity contribution in [2.24, 2.45) is 11.8 Å². The Morgan fingerprint density at radius 3 is 2.79 bits per heavy atom. The van der Waals surface area contributed by atoms with Crippen LogP contribution in [0.25, 0.3) is 0 Å². The van der Waals surface area contributed by atoms with Crippen molar-refractivity contribution in [2.45, 2.75) is 50.5 Å². The SMILES string of the molecule is C(#CC1CC1)CC1CCCC[C@]12CO2. The molecule has 2 aliphatic carbocycles. The minimum Gasteiger partial charge on any atom is -0.369 e. The topological polar surface area (TPSA) is 12.5 Å². The lowest BCUT2D eigenvalue weighted by Gasteiger charge is -2.27. The van der Waals surface area contributed by atoms with E-state index in [1.54, 1.807) is 0 Å². The smallest absolute Gasteiger partial charge is 0.0953 e. The zero-order chi connectivity index (χ0) is 9.43. The maximum absolute atomic E-state index is 5.65. The summed E-state index contributed by atoms with van der Waals surface area (Å²) in [4.78, 5) is 0.